The highest BCUT2D eigenvalue weighted by Crippen LogP contribution is 2.21. The first-order valence-electron chi connectivity index (χ1n) is 6.33. The molecular formula is C12H24N4O2. The molecule has 1 aliphatic rings. The van der Waals surface area contributed by atoms with E-state index in [4.69, 9.17) is 10.5 Å². The molecule has 2 unspecified atom stereocenters. The summed E-state index contributed by atoms with van der Waals surface area (Å²) < 4.78 is 5.66. The highest BCUT2D eigenvalue weighted by molar-refractivity contribution is 5.80. The van der Waals surface area contributed by atoms with Crippen molar-refractivity contribution in [3.8, 4) is 0 Å². The van der Waals surface area contributed by atoms with Gasteiger partial charge in [0.05, 0.1) is 12.6 Å². The molecule has 2 atom stereocenters. The van der Waals surface area contributed by atoms with E-state index in [1.165, 1.54) is 0 Å². The summed E-state index contributed by atoms with van der Waals surface area (Å²) in [6.45, 7) is 4.50. The molecule has 104 valence electrons. The molecule has 6 heteroatoms. The average molecular weight is 256 g/mol. The van der Waals surface area contributed by atoms with Crippen LogP contribution in [0.1, 0.15) is 26.7 Å². The van der Waals surface area contributed by atoms with Crippen molar-refractivity contribution in [2.24, 2.45) is 10.7 Å². The largest absolute Gasteiger partial charge is 0.370 e. The van der Waals surface area contributed by atoms with Crippen molar-refractivity contribution in [2.75, 3.05) is 20.6 Å². The van der Waals surface area contributed by atoms with Crippen LogP contribution in [0.5, 0.6) is 0 Å². The van der Waals surface area contributed by atoms with Gasteiger partial charge < -0.3 is 20.7 Å². The molecule has 0 aromatic heterocycles. The minimum Gasteiger partial charge on any atom is -0.370 e. The summed E-state index contributed by atoms with van der Waals surface area (Å²) >= 11 is 0. The first-order valence-corrected chi connectivity index (χ1v) is 6.33. The molecular weight excluding hydrogens is 232 g/mol. The van der Waals surface area contributed by atoms with E-state index in [1.54, 1.807) is 19.0 Å². The lowest BCUT2D eigenvalue weighted by molar-refractivity contribution is -0.140. The molecule has 0 aromatic rings. The maximum absolute atomic E-state index is 11.7. The van der Waals surface area contributed by atoms with Crippen LogP contribution >= 0.6 is 0 Å². The smallest absolute Gasteiger partial charge is 0.251 e. The summed E-state index contributed by atoms with van der Waals surface area (Å²) in [6.07, 6.45) is 1.28. The molecule has 0 spiro atoms. The van der Waals surface area contributed by atoms with E-state index in [1.807, 2.05) is 13.8 Å². The first-order chi connectivity index (χ1) is 8.40. The van der Waals surface area contributed by atoms with Gasteiger partial charge in [-0.25, -0.2) is 0 Å². The van der Waals surface area contributed by atoms with Crippen molar-refractivity contribution in [1.29, 1.82) is 0 Å². The third kappa shape index (κ3) is 4.52. The van der Waals surface area contributed by atoms with Gasteiger partial charge in [-0.05, 0) is 26.7 Å². The Labute approximate surface area is 109 Å². The second kappa shape index (κ2) is 6.58. The number of rotatable bonds is 4. The molecule has 0 aromatic carbocycles. The van der Waals surface area contributed by atoms with Gasteiger partial charge in [0.1, 0.15) is 6.10 Å². The number of carbonyl (C=O) groups excluding carboxylic acids is 1. The second-order valence-electron chi connectivity index (χ2n) is 5.08. The van der Waals surface area contributed by atoms with E-state index in [0.29, 0.717) is 12.5 Å². The van der Waals surface area contributed by atoms with E-state index in [-0.39, 0.29) is 24.2 Å². The third-order valence-electron chi connectivity index (χ3n) is 2.73. The lowest BCUT2D eigenvalue weighted by atomic mass is 10.2. The van der Waals surface area contributed by atoms with Gasteiger partial charge in [-0.2, -0.15) is 0 Å². The molecule has 3 N–H and O–H groups in total. The molecule has 0 saturated carbocycles. The molecule has 1 saturated heterocycles. The van der Waals surface area contributed by atoms with Crippen LogP contribution in [-0.2, 0) is 9.53 Å². The molecule has 0 bridgehead atoms. The Morgan fingerprint density at radius 3 is 2.72 bits per heavy atom. The molecule has 1 fully saturated rings. The van der Waals surface area contributed by atoms with Crippen LogP contribution in [0.15, 0.2) is 4.99 Å². The van der Waals surface area contributed by atoms with E-state index in [2.05, 4.69) is 10.3 Å². The highest BCUT2D eigenvalue weighted by atomic mass is 16.5. The van der Waals surface area contributed by atoms with Crippen LogP contribution in [0.3, 0.4) is 0 Å². The fraction of sp³-hybridized carbons (Fsp3) is 0.833. The molecule has 18 heavy (non-hydrogen) atoms. The maximum atomic E-state index is 11.7. The number of nitrogens with two attached hydrogens (primary N) is 1. The second-order valence-corrected chi connectivity index (χ2v) is 5.08. The van der Waals surface area contributed by atoms with Crippen LogP contribution in [0.4, 0.5) is 0 Å². The van der Waals surface area contributed by atoms with Crippen molar-refractivity contribution in [1.82, 2.24) is 10.2 Å². The SMILES string of the molecule is CC(C)NC(N)=NCC1CCC(C(=O)N(C)C)O1. The van der Waals surface area contributed by atoms with Crippen molar-refractivity contribution in [2.45, 2.75) is 44.9 Å². The number of guanidine groups is 1. The van der Waals surface area contributed by atoms with Crippen molar-refractivity contribution >= 4 is 11.9 Å². The zero-order valence-corrected chi connectivity index (χ0v) is 11.6. The lowest BCUT2D eigenvalue weighted by Crippen LogP contribution is -2.37. The van der Waals surface area contributed by atoms with E-state index in [0.717, 1.165) is 12.8 Å². The molecule has 1 rings (SSSR count). The number of likely N-dealkylation sites (N-methyl/N-ethyl adjacent to an activating group) is 1. The number of amides is 1. The standard InChI is InChI=1S/C12H24N4O2/c1-8(2)15-12(13)14-7-9-5-6-10(18-9)11(17)16(3)4/h8-10H,5-7H2,1-4H3,(H3,13,14,15). The average Bonchev–Trinajstić information content (AvgIpc) is 2.72. The van der Waals surface area contributed by atoms with Crippen LogP contribution in [0, 0.1) is 0 Å². The summed E-state index contributed by atoms with van der Waals surface area (Å²) in [6, 6.07) is 0.265. The van der Waals surface area contributed by atoms with Crippen molar-refractivity contribution < 1.29 is 9.53 Å². The van der Waals surface area contributed by atoms with Gasteiger partial charge >= 0.3 is 0 Å². The summed E-state index contributed by atoms with van der Waals surface area (Å²) in [7, 11) is 3.48. The first kappa shape index (κ1) is 14.8. The fourth-order valence-electron chi connectivity index (χ4n) is 1.85. The molecule has 6 nitrogen and oxygen atoms in total. The minimum atomic E-state index is -0.320. The summed E-state index contributed by atoms with van der Waals surface area (Å²) in [5.41, 5.74) is 5.70. The van der Waals surface area contributed by atoms with Crippen LogP contribution in [-0.4, -0.2) is 55.7 Å². The molecule has 0 radical (unpaired) electrons. The third-order valence-corrected chi connectivity index (χ3v) is 2.73. The Balaban J connectivity index is 2.37. The Morgan fingerprint density at radius 1 is 1.50 bits per heavy atom. The topological polar surface area (TPSA) is 79.9 Å². The highest BCUT2D eigenvalue weighted by Gasteiger charge is 2.31. The number of hydrogen-bond acceptors (Lipinski definition) is 3. The van der Waals surface area contributed by atoms with Gasteiger partial charge in [-0.15, -0.1) is 0 Å². The Hall–Kier alpha value is -1.30. The predicted octanol–water partition coefficient (Wildman–Crippen LogP) is -0.0651. The normalized spacial score (nSPS) is 24.4. The Kier molecular flexibility index (Phi) is 5.40. The van der Waals surface area contributed by atoms with Crippen molar-refractivity contribution in [3.05, 3.63) is 0 Å². The number of nitrogens with one attached hydrogen (secondary N) is 1. The van der Waals surface area contributed by atoms with E-state index in [9.17, 15) is 4.79 Å². The van der Waals surface area contributed by atoms with Gasteiger partial charge in [0.15, 0.2) is 5.96 Å². The quantitative estimate of drug-likeness (QED) is 0.545. The van der Waals surface area contributed by atoms with Gasteiger partial charge in [-0.3, -0.25) is 9.79 Å². The maximum Gasteiger partial charge on any atom is 0.251 e. The van der Waals surface area contributed by atoms with E-state index < -0.39 is 0 Å². The molecule has 0 aliphatic carbocycles. The zero-order valence-electron chi connectivity index (χ0n) is 11.6. The van der Waals surface area contributed by atoms with E-state index >= 15 is 0 Å². The Bertz CT molecular complexity index is 315. The van der Waals surface area contributed by atoms with Gasteiger partial charge in [0.2, 0.25) is 0 Å². The monoisotopic (exact) mass is 256 g/mol. The molecule has 1 aliphatic heterocycles. The van der Waals surface area contributed by atoms with Crippen LogP contribution in [0.25, 0.3) is 0 Å². The fourth-order valence-corrected chi connectivity index (χ4v) is 1.85. The van der Waals surface area contributed by atoms with Gasteiger partial charge in [0, 0.05) is 20.1 Å². The lowest BCUT2D eigenvalue weighted by Gasteiger charge is -2.16. The summed E-state index contributed by atoms with van der Waals surface area (Å²) in [4.78, 5) is 17.5. The zero-order chi connectivity index (χ0) is 13.7. The number of hydrogen-bond donors (Lipinski definition) is 2. The predicted molar refractivity (Wildman–Crippen MR) is 71.4 cm³/mol. The van der Waals surface area contributed by atoms with Gasteiger partial charge in [-0.1, -0.05) is 0 Å². The molecule has 1 amide bonds. The molecule has 1 heterocycles. The van der Waals surface area contributed by atoms with Crippen molar-refractivity contribution in [3.63, 3.8) is 0 Å². The summed E-state index contributed by atoms with van der Waals surface area (Å²) in [5, 5.41) is 3.02. The minimum absolute atomic E-state index is 0.00795. The number of carbonyl (C=O) groups is 1. The van der Waals surface area contributed by atoms with Gasteiger partial charge in [0.25, 0.3) is 5.91 Å². The number of ether oxygens (including phenoxy) is 1. The Morgan fingerprint density at radius 2 is 2.17 bits per heavy atom. The number of nitrogens with zero attached hydrogens (tertiary/aromatic N) is 2. The summed E-state index contributed by atoms with van der Waals surface area (Å²) in [5.74, 6) is 0.450. The van der Waals surface area contributed by atoms with Crippen LogP contribution in [0.2, 0.25) is 0 Å². The van der Waals surface area contributed by atoms with Crippen LogP contribution < -0.4 is 11.1 Å². The number of aliphatic imine (C=N–C) groups is 1.